The first-order valence-corrected chi connectivity index (χ1v) is 11.4. The van der Waals surface area contributed by atoms with Crippen molar-refractivity contribution < 1.29 is 9.59 Å². The minimum Gasteiger partial charge on any atom is -0.338 e. The highest BCUT2D eigenvalue weighted by atomic mass is 35.5. The van der Waals surface area contributed by atoms with Crippen molar-refractivity contribution in [3.8, 4) is 5.69 Å². The summed E-state index contributed by atoms with van der Waals surface area (Å²) in [6.07, 6.45) is 2.85. The molecule has 1 aliphatic heterocycles. The van der Waals surface area contributed by atoms with E-state index in [4.69, 9.17) is 11.6 Å². The van der Waals surface area contributed by atoms with Crippen molar-refractivity contribution in [1.82, 2.24) is 24.9 Å². The molecule has 1 N–H and O–H groups in total. The molecule has 0 atom stereocenters. The lowest BCUT2D eigenvalue weighted by atomic mass is 9.95. The second-order valence-electron chi connectivity index (χ2n) is 7.79. The monoisotopic (exact) mass is 458 g/mol. The van der Waals surface area contributed by atoms with Crippen LogP contribution in [-0.4, -0.2) is 49.8 Å². The van der Waals surface area contributed by atoms with Gasteiger partial charge in [-0.25, -0.2) is 4.68 Å². The first kappa shape index (κ1) is 21.5. The van der Waals surface area contributed by atoms with Crippen molar-refractivity contribution in [3.05, 3.63) is 52.3 Å². The number of carbonyl (C=O) groups is 2. The number of hydrogen-bond donors (Lipinski definition) is 1. The van der Waals surface area contributed by atoms with Crippen LogP contribution in [0.5, 0.6) is 0 Å². The first-order valence-electron chi connectivity index (χ1n) is 10.1. The molecule has 162 valence electrons. The first-order chi connectivity index (χ1) is 14.9. The van der Waals surface area contributed by atoms with E-state index in [0.717, 1.165) is 11.4 Å². The van der Waals surface area contributed by atoms with Crippen molar-refractivity contribution >= 4 is 39.9 Å². The van der Waals surface area contributed by atoms with Crippen molar-refractivity contribution in [2.75, 3.05) is 18.4 Å². The lowest BCUT2D eigenvalue weighted by Crippen LogP contribution is -2.41. The fourth-order valence-corrected chi connectivity index (χ4v) is 4.47. The predicted molar refractivity (Wildman–Crippen MR) is 120 cm³/mol. The van der Waals surface area contributed by atoms with Gasteiger partial charge in [0.25, 0.3) is 5.91 Å². The Morgan fingerprint density at radius 1 is 1.26 bits per heavy atom. The van der Waals surface area contributed by atoms with E-state index in [1.165, 1.54) is 11.3 Å². The second-order valence-corrected chi connectivity index (χ2v) is 9.06. The summed E-state index contributed by atoms with van der Waals surface area (Å²) in [6, 6.07) is 7.42. The van der Waals surface area contributed by atoms with Crippen LogP contribution in [0.1, 0.15) is 48.7 Å². The number of anilines is 1. The molecule has 0 saturated carbocycles. The lowest BCUT2D eigenvalue weighted by molar-refractivity contribution is -0.121. The molecular weight excluding hydrogens is 436 g/mol. The van der Waals surface area contributed by atoms with Gasteiger partial charge in [-0.3, -0.25) is 9.59 Å². The molecule has 1 saturated heterocycles. The lowest BCUT2D eigenvalue weighted by Gasteiger charge is -2.31. The maximum Gasteiger partial charge on any atom is 0.257 e. The fraction of sp³-hybridized carbons (Fsp3) is 0.381. The maximum absolute atomic E-state index is 13.3. The number of nitrogens with zero attached hydrogens (tertiary/aromatic N) is 5. The van der Waals surface area contributed by atoms with Crippen LogP contribution in [-0.2, 0) is 4.79 Å². The number of piperidine rings is 1. The fourth-order valence-electron chi connectivity index (χ4n) is 3.84. The largest absolute Gasteiger partial charge is 0.338 e. The van der Waals surface area contributed by atoms with E-state index in [1.807, 2.05) is 32.0 Å². The van der Waals surface area contributed by atoms with E-state index in [0.29, 0.717) is 41.6 Å². The van der Waals surface area contributed by atoms with Crippen LogP contribution in [0.15, 0.2) is 36.0 Å². The molecule has 3 heterocycles. The minimum atomic E-state index is -0.147. The van der Waals surface area contributed by atoms with Gasteiger partial charge in [-0.2, -0.15) is 5.10 Å². The molecule has 2 aromatic heterocycles. The van der Waals surface area contributed by atoms with Crippen LogP contribution >= 0.6 is 22.9 Å². The quantitative estimate of drug-likeness (QED) is 0.623. The zero-order chi connectivity index (χ0) is 22.0. The summed E-state index contributed by atoms with van der Waals surface area (Å²) < 4.78 is 1.78. The smallest absolute Gasteiger partial charge is 0.257 e. The molecule has 1 aliphatic rings. The third kappa shape index (κ3) is 4.62. The standard InChI is InChI=1S/C21H23ClN6O2S/c1-13(2)18-17(11-24-28(18)16-5-3-4-15(22)10-16)20(30)27-8-6-14(7-9-27)19(29)25-21-26-23-12-31-21/h3-5,10-14H,6-9H2,1-2H3,(H,25,26,29). The van der Waals surface area contributed by atoms with Gasteiger partial charge in [0.15, 0.2) is 0 Å². The Balaban J connectivity index is 1.47. The van der Waals surface area contributed by atoms with E-state index < -0.39 is 0 Å². The van der Waals surface area contributed by atoms with E-state index >= 15 is 0 Å². The van der Waals surface area contributed by atoms with Gasteiger partial charge in [-0.15, -0.1) is 10.2 Å². The number of rotatable bonds is 5. The van der Waals surface area contributed by atoms with E-state index in [2.05, 4.69) is 20.6 Å². The summed E-state index contributed by atoms with van der Waals surface area (Å²) in [4.78, 5) is 27.5. The highest BCUT2D eigenvalue weighted by Crippen LogP contribution is 2.27. The van der Waals surface area contributed by atoms with Gasteiger partial charge < -0.3 is 10.2 Å². The molecule has 3 aromatic rings. The van der Waals surface area contributed by atoms with Gasteiger partial charge in [0.1, 0.15) is 5.51 Å². The van der Waals surface area contributed by atoms with E-state index in [-0.39, 0.29) is 23.7 Å². The van der Waals surface area contributed by atoms with E-state index in [1.54, 1.807) is 27.4 Å². The summed E-state index contributed by atoms with van der Waals surface area (Å²) in [7, 11) is 0. The Morgan fingerprint density at radius 3 is 2.68 bits per heavy atom. The Kier molecular flexibility index (Phi) is 6.33. The van der Waals surface area contributed by atoms with Gasteiger partial charge in [0.2, 0.25) is 11.0 Å². The average molecular weight is 459 g/mol. The Bertz CT molecular complexity index is 1070. The SMILES string of the molecule is CC(C)c1c(C(=O)N2CCC(C(=O)Nc3nncs3)CC2)cnn1-c1cccc(Cl)c1. The van der Waals surface area contributed by atoms with Gasteiger partial charge in [0.05, 0.1) is 23.1 Å². The summed E-state index contributed by atoms with van der Waals surface area (Å²) in [5.41, 5.74) is 3.84. The number of halogens is 1. The Morgan fingerprint density at radius 2 is 2.03 bits per heavy atom. The summed E-state index contributed by atoms with van der Waals surface area (Å²) in [5.74, 6) is -0.178. The number of carbonyl (C=O) groups excluding carboxylic acids is 2. The predicted octanol–water partition coefficient (Wildman–Crippen LogP) is 3.99. The summed E-state index contributed by atoms with van der Waals surface area (Å²) in [5, 5.41) is 16.0. The summed E-state index contributed by atoms with van der Waals surface area (Å²) >= 11 is 7.43. The van der Waals surface area contributed by atoms with Gasteiger partial charge in [0, 0.05) is 24.0 Å². The van der Waals surface area contributed by atoms with Crippen molar-refractivity contribution in [3.63, 3.8) is 0 Å². The third-order valence-electron chi connectivity index (χ3n) is 5.38. The van der Waals surface area contributed by atoms with Crippen molar-refractivity contribution in [2.45, 2.75) is 32.6 Å². The van der Waals surface area contributed by atoms with Crippen molar-refractivity contribution in [1.29, 1.82) is 0 Å². The topological polar surface area (TPSA) is 93.0 Å². The number of amides is 2. The average Bonchev–Trinajstić information content (AvgIpc) is 3.43. The van der Waals surface area contributed by atoms with Crippen LogP contribution in [0.4, 0.5) is 5.13 Å². The van der Waals surface area contributed by atoms with Crippen LogP contribution in [0.25, 0.3) is 5.69 Å². The summed E-state index contributed by atoms with van der Waals surface area (Å²) in [6.45, 7) is 5.12. The molecule has 1 aromatic carbocycles. The van der Waals surface area contributed by atoms with Crippen LogP contribution in [0, 0.1) is 5.92 Å². The van der Waals surface area contributed by atoms with Gasteiger partial charge in [-0.1, -0.05) is 42.9 Å². The zero-order valence-corrected chi connectivity index (χ0v) is 18.9. The van der Waals surface area contributed by atoms with Crippen LogP contribution in [0.3, 0.4) is 0 Å². The molecule has 31 heavy (non-hydrogen) atoms. The molecule has 1 fully saturated rings. The highest BCUT2D eigenvalue weighted by Gasteiger charge is 2.31. The Labute approximate surface area is 189 Å². The highest BCUT2D eigenvalue weighted by molar-refractivity contribution is 7.13. The molecule has 8 nitrogen and oxygen atoms in total. The Hall–Kier alpha value is -2.78. The molecule has 0 unspecified atom stereocenters. The molecule has 0 radical (unpaired) electrons. The molecule has 0 spiro atoms. The molecule has 4 rings (SSSR count). The zero-order valence-electron chi connectivity index (χ0n) is 17.3. The second kappa shape index (κ2) is 9.15. The molecular formula is C21H23ClN6O2S. The van der Waals surface area contributed by atoms with E-state index in [9.17, 15) is 9.59 Å². The van der Waals surface area contributed by atoms with Gasteiger partial charge >= 0.3 is 0 Å². The molecule has 2 amide bonds. The van der Waals surface area contributed by atoms with Crippen LogP contribution < -0.4 is 5.32 Å². The number of benzene rings is 1. The molecule has 0 aliphatic carbocycles. The molecule has 0 bridgehead atoms. The number of nitrogens with one attached hydrogen (secondary N) is 1. The normalized spacial score (nSPS) is 14.8. The third-order valence-corrected chi connectivity index (χ3v) is 6.22. The van der Waals surface area contributed by atoms with Gasteiger partial charge in [-0.05, 0) is 37.0 Å². The molecule has 10 heteroatoms. The minimum absolute atomic E-state index is 0.0556. The number of likely N-dealkylation sites (tertiary alicyclic amines) is 1. The number of hydrogen-bond acceptors (Lipinski definition) is 6. The number of aromatic nitrogens is 4. The maximum atomic E-state index is 13.3. The van der Waals surface area contributed by atoms with Crippen molar-refractivity contribution in [2.24, 2.45) is 5.92 Å². The van der Waals surface area contributed by atoms with Crippen LogP contribution in [0.2, 0.25) is 5.02 Å².